The highest BCUT2D eigenvalue weighted by Gasteiger charge is 2.11. The van der Waals surface area contributed by atoms with E-state index in [0.717, 1.165) is 21.9 Å². The minimum atomic E-state index is -0.504. The molecule has 0 radical (unpaired) electrons. The van der Waals surface area contributed by atoms with E-state index < -0.39 is 4.92 Å². The topological polar surface area (TPSA) is 98.9 Å². The number of aromatic nitrogens is 4. The van der Waals surface area contributed by atoms with Gasteiger partial charge in [-0.1, -0.05) is 11.8 Å². The van der Waals surface area contributed by atoms with E-state index in [-0.39, 0.29) is 5.82 Å². The summed E-state index contributed by atoms with van der Waals surface area (Å²) >= 11 is 1.53. The van der Waals surface area contributed by atoms with E-state index in [9.17, 15) is 10.1 Å². The third-order valence-electron chi connectivity index (χ3n) is 3.04. The largest absolute Gasteiger partial charge is 0.497 e. The standard InChI is InChI=1S/C13H13N5O3S/c1-21-9-2-3-10-11(8-9)15-13(14-10)22-7-6-17-5-4-12(16-17)18(19)20/h2-5,8H,6-7H2,1H3,(H,14,15). The molecule has 0 fully saturated rings. The predicted molar refractivity (Wildman–Crippen MR) is 82.3 cm³/mol. The molecular formula is C13H13N5O3S. The SMILES string of the molecule is COc1ccc2nc(SCCn3ccc([N+](=O)[O-])n3)[nH]c2c1. The van der Waals surface area contributed by atoms with Crippen LogP contribution in [0.4, 0.5) is 5.82 Å². The average molecular weight is 319 g/mol. The first-order chi connectivity index (χ1) is 10.7. The van der Waals surface area contributed by atoms with Gasteiger partial charge in [0.1, 0.15) is 5.75 Å². The van der Waals surface area contributed by atoms with Gasteiger partial charge in [0.15, 0.2) is 5.16 Å². The molecule has 0 aliphatic rings. The zero-order valence-corrected chi connectivity index (χ0v) is 12.5. The summed E-state index contributed by atoms with van der Waals surface area (Å²) in [4.78, 5) is 17.7. The molecule has 3 rings (SSSR count). The lowest BCUT2D eigenvalue weighted by Gasteiger charge is -1.96. The van der Waals surface area contributed by atoms with Crippen molar-refractivity contribution in [2.24, 2.45) is 0 Å². The van der Waals surface area contributed by atoms with Gasteiger partial charge in [-0.3, -0.25) is 0 Å². The fraction of sp³-hybridized carbons (Fsp3) is 0.231. The molecule has 0 aliphatic heterocycles. The third kappa shape index (κ3) is 3.03. The van der Waals surface area contributed by atoms with E-state index in [2.05, 4.69) is 15.1 Å². The molecule has 0 amide bonds. The Hall–Kier alpha value is -2.55. The fourth-order valence-electron chi connectivity index (χ4n) is 1.97. The van der Waals surface area contributed by atoms with Crippen LogP contribution in [0, 0.1) is 10.1 Å². The molecule has 2 heterocycles. The molecule has 0 spiro atoms. The van der Waals surface area contributed by atoms with Crippen LogP contribution < -0.4 is 4.74 Å². The average Bonchev–Trinajstić information content (AvgIpc) is 3.12. The van der Waals surface area contributed by atoms with Crippen molar-refractivity contribution in [2.45, 2.75) is 11.7 Å². The number of rotatable bonds is 6. The van der Waals surface area contributed by atoms with E-state index in [1.165, 1.54) is 17.8 Å². The molecule has 0 bridgehead atoms. The van der Waals surface area contributed by atoms with Crippen molar-refractivity contribution in [3.8, 4) is 5.75 Å². The molecule has 1 N–H and O–H groups in total. The second-order valence-corrected chi connectivity index (χ2v) is 5.55. The van der Waals surface area contributed by atoms with Crippen LogP contribution in [-0.4, -0.2) is 37.5 Å². The van der Waals surface area contributed by atoms with Crippen LogP contribution in [0.15, 0.2) is 35.6 Å². The van der Waals surface area contributed by atoms with Crippen molar-refractivity contribution in [1.29, 1.82) is 0 Å². The number of hydrogen-bond acceptors (Lipinski definition) is 6. The number of nitrogens with zero attached hydrogens (tertiary/aromatic N) is 4. The highest BCUT2D eigenvalue weighted by atomic mass is 32.2. The van der Waals surface area contributed by atoms with Gasteiger partial charge in [0.05, 0.1) is 42.0 Å². The monoisotopic (exact) mass is 319 g/mol. The molecule has 8 nitrogen and oxygen atoms in total. The van der Waals surface area contributed by atoms with E-state index in [1.54, 1.807) is 18.0 Å². The van der Waals surface area contributed by atoms with Gasteiger partial charge in [-0.15, -0.1) is 0 Å². The number of nitrogens with one attached hydrogen (secondary N) is 1. The Morgan fingerprint density at radius 3 is 3.05 bits per heavy atom. The summed E-state index contributed by atoms with van der Waals surface area (Å²) in [5, 5.41) is 15.2. The third-order valence-corrected chi connectivity index (χ3v) is 3.89. The molecule has 114 valence electrons. The smallest absolute Gasteiger partial charge is 0.389 e. The van der Waals surface area contributed by atoms with Crippen molar-refractivity contribution in [2.75, 3.05) is 12.9 Å². The zero-order chi connectivity index (χ0) is 15.5. The summed E-state index contributed by atoms with van der Waals surface area (Å²) in [5.41, 5.74) is 1.79. The van der Waals surface area contributed by atoms with Crippen molar-refractivity contribution in [1.82, 2.24) is 19.7 Å². The van der Waals surface area contributed by atoms with Crippen LogP contribution in [0.5, 0.6) is 5.75 Å². The Labute approximate surface area is 129 Å². The highest BCUT2D eigenvalue weighted by molar-refractivity contribution is 7.99. The molecular weight excluding hydrogens is 306 g/mol. The van der Waals surface area contributed by atoms with Crippen molar-refractivity contribution in [3.63, 3.8) is 0 Å². The maximum Gasteiger partial charge on any atom is 0.389 e. The second kappa shape index (κ2) is 6.06. The molecule has 2 aromatic heterocycles. The lowest BCUT2D eigenvalue weighted by molar-refractivity contribution is -0.389. The van der Waals surface area contributed by atoms with Gasteiger partial charge in [0.2, 0.25) is 0 Å². The van der Waals surface area contributed by atoms with Crippen LogP contribution in [0.3, 0.4) is 0 Å². The summed E-state index contributed by atoms with van der Waals surface area (Å²) in [6, 6.07) is 7.04. The van der Waals surface area contributed by atoms with Gasteiger partial charge in [0, 0.05) is 11.8 Å². The highest BCUT2D eigenvalue weighted by Crippen LogP contribution is 2.23. The van der Waals surface area contributed by atoms with Crippen LogP contribution in [0.25, 0.3) is 11.0 Å². The van der Waals surface area contributed by atoms with Gasteiger partial charge in [0.25, 0.3) is 0 Å². The molecule has 0 saturated carbocycles. The Balaban J connectivity index is 1.62. The zero-order valence-electron chi connectivity index (χ0n) is 11.7. The molecule has 0 unspecified atom stereocenters. The summed E-state index contributed by atoms with van der Waals surface area (Å²) < 4.78 is 6.72. The first-order valence-corrected chi connectivity index (χ1v) is 7.48. The van der Waals surface area contributed by atoms with Crippen LogP contribution in [0.1, 0.15) is 0 Å². The Bertz CT molecular complexity index is 813. The fourth-order valence-corrected chi connectivity index (χ4v) is 2.79. The van der Waals surface area contributed by atoms with Crippen molar-refractivity contribution >= 4 is 28.6 Å². The quantitative estimate of drug-likeness (QED) is 0.426. The van der Waals surface area contributed by atoms with Crippen LogP contribution in [-0.2, 0) is 6.54 Å². The van der Waals surface area contributed by atoms with Crippen molar-refractivity contribution < 1.29 is 9.66 Å². The summed E-state index contributed by atoms with van der Waals surface area (Å²) in [5.74, 6) is 1.34. The number of fused-ring (bicyclic) bond motifs is 1. The predicted octanol–water partition coefficient (Wildman–Crippen LogP) is 2.47. The molecule has 1 aromatic carbocycles. The van der Waals surface area contributed by atoms with E-state index in [4.69, 9.17) is 4.74 Å². The Morgan fingerprint density at radius 1 is 1.45 bits per heavy atom. The van der Waals surface area contributed by atoms with E-state index in [1.807, 2.05) is 18.2 Å². The number of hydrogen-bond donors (Lipinski definition) is 1. The van der Waals surface area contributed by atoms with E-state index >= 15 is 0 Å². The number of imidazole rings is 1. The summed E-state index contributed by atoms with van der Waals surface area (Å²) in [7, 11) is 1.62. The Kier molecular flexibility index (Phi) is 3.96. The van der Waals surface area contributed by atoms with Crippen LogP contribution >= 0.6 is 11.8 Å². The lowest BCUT2D eigenvalue weighted by Crippen LogP contribution is -2.02. The van der Waals surface area contributed by atoms with Gasteiger partial charge in [-0.2, -0.15) is 4.68 Å². The first kappa shape index (κ1) is 14.4. The van der Waals surface area contributed by atoms with Crippen molar-refractivity contribution in [3.05, 3.63) is 40.6 Å². The van der Waals surface area contributed by atoms with Gasteiger partial charge < -0.3 is 19.8 Å². The number of aromatic amines is 1. The maximum absolute atomic E-state index is 10.6. The van der Waals surface area contributed by atoms with E-state index in [0.29, 0.717) is 12.3 Å². The molecule has 0 aliphatic carbocycles. The number of thioether (sulfide) groups is 1. The molecule has 0 atom stereocenters. The summed E-state index contributed by atoms with van der Waals surface area (Å²) in [6.07, 6.45) is 1.60. The van der Waals surface area contributed by atoms with Gasteiger partial charge in [-0.05, 0) is 17.1 Å². The maximum atomic E-state index is 10.6. The number of benzene rings is 1. The second-order valence-electron chi connectivity index (χ2n) is 4.47. The molecule has 9 heteroatoms. The number of H-pyrrole nitrogens is 1. The lowest BCUT2D eigenvalue weighted by atomic mass is 10.3. The first-order valence-electron chi connectivity index (χ1n) is 6.50. The van der Waals surface area contributed by atoms with Gasteiger partial charge >= 0.3 is 5.82 Å². The molecule has 0 saturated heterocycles. The number of methoxy groups -OCH3 is 1. The number of aryl methyl sites for hydroxylation is 1. The molecule has 3 aromatic rings. The molecule has 22 heavy (non-hydrogen) atoms. The Morgan fingerprint density at radius 2 is 2.32 bits per heavy atom. The van der Waals surface area contributed by atoms with Gasteiger partial charge in [-0.25, -0.2) is 4.98 Å². The minimum absolute atomic E-state index is 0.138. The summed E-state index contributed by atoms with van der Waals surface area (Å²) in [6.45, 7) is 0.568. The number of nitro groups is 1. The minimum Gasteiger partial charge on any atom is -0.497 e. The van der Waals surface area contributed by atoms with Crippen LogP contribution in [0.2, 0.25) is 0 Å². The number of ether oxygens (including phenoxy) is 1. The normalized spacial score (nSPS) is 11.0.